The lowest BCUT2D eigenvalue weighted by atomic mass is 9.96. The van der Waals surface area contributed by atoms with Crippen LogP contribution < -0.4 is 5.32 Å². The Hall–Kier alpha value is -0.900. The minimum atomic E-state index is -0.382. The number of rotatable bonds is 1. The summed E-state index contributed by atoms with van der Waals surface area (Å²) >= 11 is 3.23. The number of nitrogens with one attached hydrogen (secondary N) is 1. The highest BCUT2D eigenvalue weighted by atomic mass is 79.9. The van der Waals surface area contributed by atoms with E-state index in [1.54, 1.807) is 18.3 Å². The van der Waals surface area contributed by atoms with E-state index >= 15 is 0 Å². The molecule has 14 heavy (non-hydrogen) atoms. The van der Waals surface area contributed by atoms with E-state index in [0.29, 0.717) is 5.69 Å². The Morgan fingerprint density at radius 3 is 2.50 bits per heavy atom. The molecule has 0 spiro atoms. The van der Waals surface area contributed by atoms with Gasteiger partial charge in [0, 0.05) is 5.41 Å². The van der Waals surface area contributed by atoms with Crippen molar-refractivity contribution in [2.24, 2.45) is 5.41 Å². The van der Waals surface area contributed by atoms with Gasteiger partial charge in [-0.1, -0.05) is 20.8 Å². The summed E-state index contributed by atoms with van der Waals surface area (Å²) in [6.07, 6.45) is 1.62. The maximum Gasteiger partial charge on any atom is 0.229 e. The van der Waals surface area contributed by atoms with Gasteiger partial charge in [-0.3, -0.25) is 4.79 Å². The van der Waals surface area contributed by atoms with Gasteiger partial charge in [0.15, 0.2) is 0 Å². The second kappa shape index (κ2) is 4.09. The summed E-state index contributed by atoms with van der Waals surface area (Å²) in [5.74, 6) is -0.0124. The SMILES string of the molecule is CC(C)(C)C(=O)Nc1ccc(Br)nc1. The molecule has 1 aromatic rings. The lowest BCUT2D eigenvalue weighted by Gasteiger charge is -2.17. The third-order valence-electron chi connectivity index (χ3n) is 1.67. The Balaban J connectivity index is 2.71. The van der Waals surface area contributed by atoms with E-state index in [9.17, 15) is 4.79 Å². The van der Waals surface area contributed by atoms with Gasteiger partial charge < -0.3 is 5.32 Å². The first-order chi connectivity index (χ1) is 6.39. The van der Waals surface area contributed by atoms with E-state index in [1.807, 2.05) is 20.8 Å². The molecule has 4 heteroatoms. The fourth-order valence-electron chi connectivity index (χ4n) is 0.768. The Kier molecular flexibility index (Phi) is 3.26. The van der Waals surface area contributed by atoms with Crippen LogP contribution in [0.25, 0.3) is 0 Å². The lowest BCUT2D eigenvalue weighted by molar-refractivity contribution is -0.123. The monoisotopic (exact) mass is 256 g/mol. The van der Waals surface area contributed by atoms with Crippen LogP contribution >= 0.6 is 15.9 Å². The first-order valence-corrected chi connectivity index (χ1v) is 5.12. The molecule has 0 aliphatic heterocycles. The number of hydrogen-bond acceptors (Lipinski definition) is 2. The smallest absolute Gasteiger partial charge is 0.229 e. The molecular formula is C10H13BrN2O. The van der Waals surface area contributed by atoms with Crippen molar-refractivity contribution in [3.63, 3.8) is 0 Å². The fraction of sp³-hybridized carbons (Fsp3) is 0.400. The molecule has 76 valence electrons. The van der Waals surface area contributed by atoms with Gasteiger partial charge in [0.1, 0.15) is 4.60 Å². The van der Waals surface area contributed by atoms with Crippen molar-refractivity contribution < 1.29 is 4.79 Å². The van der Waals surface area contributed by atoms with Crippen molar-refractivity contribution in [2.45, 2.75) is 20.8 Å². The van der Waals surface area contributed by atoms with Crippen molar-refractivity contribution in [3.8, 4) is 0 Å². The molecule has 0 saturated carbocycles. The summed E-state index contributed by atoms with van der Waals surface area (Å²) in [5, 5.41) is 2.79. The van der Waals surface area contributed by atoms with E-state index < -0.39 is 0 Å². The van der Waals surface area contributed by atoms with Gasteiger partial charge in [-0.25, -0.2) is 4.98 Å². The van der Waals surface area contributed by atoms with Gasteiger partial charge in [-0.05, 0) is 28.1 Å². The zero-order valence-electron chi connectivity index (χ0n) is 8.47. The van der Waals surface area contributed by atoms with Crippen LogP contribution in [-0.2, 0) is 4.79 Å². The van der Waals surface area contributed by atoms with Crippen molar-refractivity contribution >= 4 is 27.5 Å². The standard InChI is InChI=1S/C10H13BrN2O/c1-10(2,3)9(14)13-7-4-5-8(11)12-6-7/h4-6H,1-3H3,(H,13,14). The van der Waals surface area contributed by atoms with E-state index in [4.69, 9.17) is 0 Å². The van der Waals surface area contributed by atoms with Crippen LogP contribution in [0.2, 0.25) is 0 Å². The predicted molar refractivity (Wildman–Crippen MR) is 60.0 cm³/mol. The largest absolute Gasteiger partial charge is 0.324 e. The molecule has 0 aromatic carbocycles. The van der Waals surface area contributed by atoms with Crippen LogP contribution in [0.15, 0.2) is 22.9 Å². The topological polar surface area (TPSA) is 42.0 Å². The molecule has 0 fully saturated rings. The first kappa shape index (κ1) is 11.2. The van der Waals surface area contributed by atoms with Crippen molar-refractivity contribution in [1.29, 1.82) is 0 Å². The van der Waals surface area contributed by atoms with Crippen molar-refractivity contribution in [1.82, 2.24) is 4.98 Å². The van der Waals surface area contributed by atoms with E-state index in [0.717, 1.165) is 4.60 Å². The molecule has 0 aliphatic carbocycles. The van der Waals surface area contributed by atoms with E-state index in [-0.39, 0.29) is 11.3 Å². The average Bonchev–Trinajstić information content (AvgIpc) is 2.07. The number of hydrogen-bond donors (Lipinski definition) is 1. The van der Waals surface area contributed by atoms with Crippen LogP contribution in [-0.4, -0.2) is 10.9 Å². The normalized spacial score (nSPS) is 11.1. The number of anilines is 1. The number of amides is 1. The maximum absolute atomic E-state index is 11.6. The highest BCUT2D eigenvalue weighted by Crippen LogP contribution is 2.17. The quantitative estimate of drug-likeness (QED) is 0.786. The molecule has 0 atom stereocenters. The van der Waals surface area contributed by atoms with Crippen LogP contribution in [0.1, 0.15) is 20.8 Å². The van der Waals surface area contributed by atoms with Gasteiger partial charge in [-0.15, -0.1) is 0 Å². The van der Waals surface area contributed by atoms with Gasteiger partial charge >= 0.3 is 0 Å². The molecule has 1 N–H and O–H groups in total. The number of nitrogens with zero attached hydrogens (tertiary/aromatic N) is 1. The summed E-state index contributed by atoms with van der Waals surface area (Å²) in [5.41, 5.74) is 0.334. The summed E-state index contributed by atoms with van der Waals surface area (Å²) in [6.45, 7) is 5.61. The highest BCUT2D eigenvalue weighted by molar-refractivity contribution is 9.10. The number of halogens is 1. The molecule has 0 saturated heterocycles. The maximum atomic E-state index is 11.6. The Bertz CT molecular complexity index is 327. The lowest BCUT2D eigenvalue weighted by Crippen LogP contribution is -2.27. The molecule has 0 bridgehead atoms. The number of aromatic nitrogens is 1. The zero-order valence-corrected chi connectivity index (χ0v) is 10.1. The second-order valence-electron chi connectivity index (χ2n) is 4.07. The second-order valence-corrected chi connectivity index (χ2v) is 4.89. The molecule has 3 nitrogen and oxygen atoms in total. The van der Waals surface area contributed by atoms with Crippen molar-refractivity contribution in [3.05, 3.63) is 22.9 Å². The van der Waals surface area contributed by atoms with Crippen LogP contribution in [0.3, 0.4) is 0 Å². The summed E-state index contributed by atoms with van der Waals surface area (Å²) in [4.78, 5) is 15.6. The number of carbonyl (C=O) groups is 1. The van der Waals surface area contributed by atoms with Crippen LogP contribution in [0.4, 0.5) is 5.69 Å². The summed E-state index contributed by atoms with van der Waals surface area (Å²) in [6, 6.07) is 3.60. The molecule has 0 radical (unpaired) electrons. The third-order valence-corrected chi connectivity index (χ3v) is 2.14. The van der Waals surface area contributed by atoms with Gasteiger partial charge in [0.05, 0.1) is 11.9 Å². The molecule has 1 aromatic heterocycles. The van der Waals surface area contributed by atoms with Crippen molar-refractivity contribution in [2.75, 3.05) is 5.32 Å². The molecule has 0 unspecified atom stereocenters. The van der Waals surface area contributed by atoms with Gasteiger partial charge in [-0.2, -0.15) is 0 Å². The molecule has 0 aliphatic rings. The predicted octanol–water partition coefficient (Wildman–Crippen LogP) is 2.83. The fourth-order valence-corrected chi connectivity index (χ4v) is 1.00. The Morgan fingerprint density at radius 1 is 1.43 bits per heavy atom. The molecule has 1 heterocycles. The number of carbonyl (C=O) groups excluding carboxylic acids is 1. The van der Waals surface area contributed by atoms with Crippen LogP contribution in [0, 0.1) is 5.41 Å². The van der Waals surface area contributed by atoms with Crippen LogP contribution in [0.5, 0.6) is 0 Å². The highest BCUT2D eigenvalue weighted by Gasteiger charge is 2.20. The molecule has 1 amide bonds. The average molecular weight is 257 g/mol. The minimum absolute atomic E-state index is 0.0124. The third kappa shape index (κ3) is 3.10. The van der Waals surface area contributed by atoms with Gasteiger partial charge in [0.25, 0.3) is 0 Å². The summed E-state index contributed by atoms with van der Waals surface area (Å²) < 4.78 is 0.756. The Labute approximate surface area is 92.1 Å². The number of pyridine rings is 1. The zero-order chi connectivity index (χ0) is 10.8. The Morgan fingerprint density at radius 2 is 2.07 bits per heavy atom. The van der Waals surface area contributed by atoms with Gasteiger partial charge in [0.2, 0.25) is 5.91 Å². The van der Waals surface area contributed by atoms with E-state index in [1.165, 1.54) is 0 Å². The minimum Gasteiger partial charge on any atom is -0.324 e. The summed E-state index contributed by atoms with van der Waals surface area (Å²) in [7, 11) is 0. The first-order valence-electron chi connectivity index (χ1n) is 4.32. The van der Waals surface area contributed by atoms with E-state index in [2.05, 4.69) is 26.2 Å². The molecule has 1 rings (SSSR count). The molecular weight excluding hydrogens is 244 g/mol.